The van der Waals surface area contributed by atoms with E-state index in [-0.39, 0.29) is 0 Å². The van der Waals surface area contributed by atoms with Crippen LogP contribution in [0.5, 0.6) is 0 Å². The molecule has 1 aliphatic rings. The highest BCUT2D eigenvalue weighted by Crippen LogP contribution is 2.18. The van der Waals surface area contributed by atoms with Crippen LogP contribution in [0.2, 0.25) is 0 Å². The number of piperidine rings is 1. The highest BCUT2D eigenvalue weighted by molar-refractivity contribution is 6.25. The van der Waals surface area contributed by atoms with Crippen molar-refractivity contribution in [3.8, 4) is 0 Å². The molecule has 3 heteroatoms. The van der Waals surface area contributed by atoms with Crippen LogP contribution >= 0.6 is 11.6 Å². The second-order valence-electron chi connectivity index (χ2n) is 4.10. The predicted octanol–water partition coefficient (Wildman–Crippen LogP) is 2.06. The van der Waals surface area contributed by atoms with Crippen LogP contribution in [0.4, 0.5) is 0 Å². The molecule has 0 radical (unpaired) electrons. The van der Waals surface area contributed by atoms with Gasteiger partial charge in [-0.1, -0.05) is 17.7 Å². The third-order valence-corrected chi connectivity index (χ3v) is 3.10. The molecule has 1 fully saturated rings. The zero-order valence-corrected chi connectivity index (χ0v) is 9.76. The van der Waals surface area contributed by atoms with Crippen molar-refractivity contribution in [3.63, 3.8) is 0 Å². The van der Waals surface area contributed by atoms with Gasteiger partial charge in [-0.3, -0.25) is 0 Å². The topological polar surface area (TPSA) is 15.3 Å². The Morgan fingerprint density at radius 3 is 2.79 bits per heavy atom. The quantitative estimate of drug-likeness (QED) is 0.708. The summed E-state index contributed by atoms with van der Waals surface area (Å²) < 4.78 is 0. The van der Waals surface area contributed by atoms with E-state index < -0.39 is 0 Å². The maximum atomic E-state index is 5.42. The van der Waals surface area contributed by atoms with Crippen LogP contribution in [-0.2, 0) is 0 Å². The molecular formula is C11H21ClN2. The summed E-state index contributed by atoms with van der Waals surface area (Å²) in [6.07, 6.45) is 5.98. The normalized spacial score (nSPS) is 20.7. The molecular weight excluding hydrogens is 196 g/mol. The van der Waals surface area contributed by atoms with Crippen molar-refractivity contribution in [2.45, 2.75) is 19.3 Å². The Morgan fingerprint density at radius 2 is 2.14 bits per heavy atom. The summed E-state index contributed by atoms with van der Waals surface area (Å²) in [5.74, 6) is 0.929. The maximum absolute atomic E-state index is 5.42. The van der Waals surface area contributed by atoms with Gasteiger partial charge in [-0.25, -0.2) is 0 Å². The molecule has 14 heavy (non-hydrogen) atoms. The Bertz CT molecular complexity index is 163. The minimum atomic E-state index is 0.899. The van der Waals surface area contributed by atoms with Crippen LogP contribution in [0.15, 0.2) is 11.6 Å². The van der Waals surface area contributed by atoms with E-state index in [4.69, 9.17) is 11.6 Å². The molecule has 1 N–H and O–H groups in total. The highest BCUT2D eigenvalue weighted by Gasteiger charge is 2.15. The molecule has 0 atom stereocenters. The number of likely N-dealkylation sites (tertiary alicyclic amines) is 1. The summed E-state index contributed by atoms with van der Waals surface area (Å²) in [5.41, 5.74) is 1.57. The molecule has 0 aromatic carbocycles. The van der Waals surface area contributed by atoms with Crippen molar-refractivity contribution in [1.82, 2.24) is 10.2 Å². The largest absolute Gasteiger partial charge is 0.313 e. The Kier molecular flexibility index (Phi) is 6.24. The Morgan fingerprint density at radius 1 is 1.43 bits per heavy atom. The van der Waals surface area contributed by atoms with Gasteiger partial charge in [-0.05, 0) is 51.9 Å². The standard InChI is InChI=1S/C11H21ClN2/c1-14-9-4-11(5-10-14)3-8-13-7-2-6-12/h2,6,11,13H,3-5,7-10H2,1H3/b6-2+. The van der Waals surface area contributed by atoms with Gasteiger partial charge in [-0.2, -0.15) is 0 Å². The lowest BCUT2D eigenvalue weighted by atomic mass is 9.94. The van der Waals surface area contributed by atoms with Gasteiger partial charge in [0.15, 0.2) is 0 Å². The van der Waals surface area contributed by atoms with Crippen molar-refractivity contribution >= 4 is 11.6 Å². The molecule has 2 nitrogen and oxygen atoms in total. The third kappa shape index (κ3) is 4.99. The highest BCUT2D eigenvalue weighted by atomic mass is 35.5. The summed E-state index contributed by atoms with van der Waals surface area (Å²) >= 11 is 5.42. The number of halogens is 1. The average molecular weight is 217 g/mol. The van der Waals surface area contributed by atoms with Gasteiger partial charge in [0.25, 0.3) is 0 Å². The van der Waals surface area contributed by atoms with E-state index in [1.165, 1.54) is 32.4 Å². The Labute approximate surface area is 92.3 Å². The average Bonchev–Trinajstić information content (AvgIpc) is 2.21. The van der Waals surface area contributed by atoms with Gasteiger partial charge in [0.05, 0.1) is 0 Å². The lowest BCUT2D eigenvalue weighted by molar-refractivity contribution is 0.212. The van der Waals surface area contributed by atoms with E-state index in [1.54, 1.807) is 5.54 Å². The molecule has 0 amide bonds. The first kappa shape index (κ1) is 12.0. The molecule has 1 aliphatic heterocycles. The fourth-order valence-corrected chi connectivity index (χ4v) is 1.98. The van der Waals surface area contributed by atoms with Crippen LogP contribution < -0.4 is 5.32 Å². The van der Waals surface area contributed by atoms with Gasteiger partial charge < -0.3 is 10.2 Å². The van der Waals surface area contributed by atoms with Crippen molar-refractivity contribution in [1.29, 1.82) is 0 Å². The smallest absolute Gasteiger partial charge is 0.0146 e. The molecule has 0 unspecified atom stereocenters. The van der Waals surface area contributed by atoms with Crippen LogP contribution in [0.1, 0.15) is 19.3 Å². The van der Waals surface area contributed by atoms with Gasteiger partial charge in [0.1, 0.15) is 0 Å². The maximum Gasteiger partial charge on any atom is 0.0146 e. The van der Waals surface area contributed by atoms with Crippen molar-refractivity contribution in [2.75, 3.05) is 33.2 Å². The zero-order valence-electron chi connectivity index (χ0n) is 9.01. The van der Waals surface area contributed by atoms with E-state index in [0.717, 1.165) is 19.0 Å². The summed E-state index contributed by atoms with van der Waals surface area (Å²) in [4.78, 5) is 2.42. The van der Waals surface area contributed by atoms with Crippen molar-refractivity contribution in [2.24, 2.45) is 5.92 Å². The first-order valence-electron chi connectivity index (χ1n) is 5.47. The number of nitrogens with one attached hydrogen (secondary N) is 1. The SMILES string of the molecule is CN1CCC(CCNC/C=C/Cl)CC1. The molecule has 1 saturated heterocycles. The van der Waals surface area contributed by atoms with Crippen LogP contribution in [0, 0.1) is 5.92 Å². The Balaban J connectivity index is 1.96. The molecule has 0 spiro atoms. The van der Waals surface area contributed by atoms with Gasteiger partial charge >= 0.3 is 0 Å². The lowest BCUT2D eigenvalue weighted by Crippen LogP contribution is -2.31. The van der Waals surface area contributed by atoms with E-state index in [1.807, 2.05) is 6.08 Å². The minimum Gasteiger partial charge on any atom is -0.313 e. The summed E-state index contributed by atoms with van der Waals surface area (Å²) in [7, 11) is 2.21. The van der Waals surface area contributed by atoms with Crippen LogP contribution in [0.25, 0.3) is 0 Å². The van der Waals surface area contributed by atoms with Crippen LogP contribution in [0.3, 0.4) is 0 Å². The third-order valence-electron chi connectivity index (χ3n) is 2.92. The molecule has 0 bridgehead atoms. The molecule has 0 aromatic rings. The van der Waals surface area contributed by atoms with Crippen molar-refractivity contribution in [3.05, 3.63) is 11.6 Å². The first-order valence-corrected chi connectivity index (χ1v) is 5.91. The monoisotopic (exact) mass is 216 g/mol. The van der Waals surface area contributed by atoms with Gasteiger partial charge in [0, 0.05) is 12.1 Å². The van der Waals surface area contributed by atoms with E-state index in [0.29, 0.717) is 0 Å². The second kappa shape index (κ2) is 7.27. The van der Waals surface area contributed by atoms with Crippen LogP contribution in [-0.4, -0.2) is 38.1 Å². The fourth-order valence-electron chi connectivity index (χ4n) is 1.89. The molecule has 1 heterocycles. The predicted molar refractivity (Wildman–Crippen MR) is 62.7 cm³/mol. The summed E-state index contributed by atoms with van der Waals surface area (Å²) in [6.45, 7) is 4.56. The van der Waals surface area contributed by atoms with Crippen molar-refractivity contribution < 1.29 is 0 Å². The molecule has 82 valence electrons. The lowest BCUT2D eigenvalue weighted by Gasteiger charge is -2.28. The molecule has 0 aliphatic carbocycles. The number of rotatable bonds is 5. The number of nitrogens with zero attached hydrogens (tertiary/aromatic N) is 1. The summed E-state index contributed by atoms with van der Waals surface area (Å²) in [6, 6.07) is 0. The van der Waals surface area contributed by atoms with E-state index in [2.05, 4.69) is 17.3 Å². The fraction of sp³-hybridized carbons (Fsp3) is 0.818. The molecule has 0 saturated carbocycles. The van der Waals surface area contributed by atoms with Gasteiger partial charge in [-0.15, -0.1) is 0 Å². The molecule has 1 rings (SSSR count). The minimum absolute atomic E-state index is 0.899. The number of hydrogen-bond acceptors (Lipinski definition) is 2. The zero-order chi connectivity index (χ0) is 10.2. The second-order valence-corrected chi connectivity index (χ2v) is 4.35. The van der Waals surface area contributed by atoms with E-state index >= 15 is 0 Å². The number of hydrogen-bond donors (Lipinski definition) is 1. The molecule has 0 aromatic heterocycles. The Hall–Kier alpha value is -0.0500. The first-order chi connectivity index (χ1) is 6.83. The summed E-state index contributed by atoms with van der Waals surface area (Å²) in [5, 5.41) is 3.36. The van der Waals surface area contributed by atoms with Gasteiger partial charge in [0.2, 0.25) is 0 Å². The van der Waals surface area contributed by atoms with E-state index in [9.17, 15) is 0 Å².